The van der Waals surface area contributed by atoms with Crippen LogP contribution in [0.1, 0.15) is 51.3 Å². The number of aryl methyl sites for hydroxylation is 1. The minimum atomic E-state index is -0.0593. The number of hydrazine groups is 1. The average Bonchev–Trinajstić information content (AvgIpc) is 2.89. The first kappa shape index (κ1) is 16.3. The molecule has 0 amide bonds. The first-order chi connectivity index (χ1) is 10.1. The molecule has 2 rings (SSSR count). The SMILES string of the molecule is CCC(C)(C(NN)c1c(OC)cnn1C)N1CCCCC1. The molecule has 1 aromatic rings. The van der Waals surface area contributed by atoms with E-state index in [1.807, 2.05) is 11.7 Å². The third kappa shape index (κ3) is 2.93. The molecular weight excluding hydrogens is 266 g/mol. The predicted octanol–water partition coefficient (Wildman–Crippen LogP) is 1.59. The first-order valence-corrected chi connectivity index (χ1v) is 7.85. The monoisotopic (exact) mass is 295 g/mol. The number of piperidine rings is 1. The van der Waals surface area contributed by atoms with E-state index >= 15 is 0 Å². The fourth-order valence-electron chi connectivity index (χ4n) is 3.48. The molecule has 2 unspecified atom stereocenters. The maximum absolute atomic E-state index is 5.95. The Kier molecular flexibility index (Phi) is 5.24. The van der Waals surface area contributed by atoms with Gasteiger partial charge in [-0.3, -0.25) is 15.4 Å². The quantitative estimate of drug-likeness (QED) is 0.616. The summed E-state index contributed by atoms with van der Waals surface area (Å²) in [6.07, 6.45) is 6.61. The van der Waals surface area contributed by atoms with Crippen LogP contribution >= 0.6 is 0 Å². The van der Waals surface area contributed by atoms with Crippen molar-refractivity contribution in [2.24, 2.45) is 12.9 Å². The average molecular weight is 295 g/mol. The molecule has 0 aromatic carbocycles. The number of ether oxygens (including phenoxy) is 1. The van der Waals surface area contributed by atoms with Crippen LogP contribution in [0.2, 0.25) is 0 Å². The van der Waals surface area contributed by atoms with Gasteiger partial charge in [-0.2, -0.15) is 5.10 Å². The van der Waals surface area contributed by atoms with Crippen LogP contribution in [0, 0.1) is 0 Å². The standard InChI is InChI=1S/C15H29N5O/c1-5-15(2,20-9-7-6-8-10-20)14(18-16)13-12(21-4)11-17-19(13)3/h11,14,18H,5-10,16H2,1-4H3. The molecular formula is C15H29N5O. The van der Waals surface area contributed by atoms with Crippen LogP contribution in [0.4, 0.5) is 0 Å². The van der Waals surface area contributed by atoms with E-state index < -0.39 is 0 Å². The fourth-order valence-corrected chi connectivity index (χ4v) is 3.48. The summed E-state index contributed by atoms with van der Waals surface area (Å²) >= 11 is 0. The highest BCUT2D eigenvalue weighted by atomic mass is 16.5. The van der Waals surface area contributed by atoms with Crippen LogP contribution in [-0.2, 0) is 7.05 Å². The van der Waals surface area contributed by atoms with Gasteiger partial charge >= 0.3 is 0 Å². The minimum Gasteiger partial charge on any atom is -0.493 e. The van der Waals surface area contributed by atoms with Gasteiger partial charge in [0.05, 0.1) is 19.3 Å². The fraction of sp³-hybridized carbons (Fsp3) is 0.800. The summed E-state index contributed by atoms with van der Waals surface area (Å²) in [5.41, 5.74) is 3.98. The summed E-state index contributed by atoms with van der Waals surface area (Å²) in [5, 5.41) is 4.33. The van der Waals surface area contributed by atoms with Gasteiger partial charge in [-0.15, -0.1) is 0 Å². The third-order valence-corrected chi connectivity index (χ3v) is 5.03. The predicted molar refractivity (Wildman–Crippen MR) is 83.9 cm³/mol. The Morgan fingerprint density at radius 1 is 1.43 bits per heavy atom. The second-order valence-corrected chi connectivity index (χ2v) is 6.08. The Bertz CT molecular complexity index is 455. The molecule has 0 spiro atoms. The van der Waals surface area contributed by atoms with E-state index in [-0.39, 0.29) is 11.6 Å². The van der Waals surface area contributed by atoms with Crippen molar-refractivity contribution >= 4 is 0 Å². The molecule has 0 aliphatic carbocycles. The van der Waals surface area contributed by atoms with Gasteiger partial charge in [0.2, 0.25) is 0 Å². The van der Waals surface area contributed by atoms with Crippen molar-refractivity contribution < 1.29 is 4.74 Å². The van der Waals surface area contributed by atoms with Gasteiger partial charge in [0.15, 0.2) is 5.75 Å². The molecule has 2 heterocycles. The smallest absolute Gasteiger partial charge is 0.161 e. The Hall–Kier alpha value is -1.11. The van der Waals surface area contributed by atoms with Crippen molar-refractivity contribution in [3.8, 4) is 5.75 Å². The van der Waals surface area contributed by atoms with E-state index in [4.69, 9.17) is 10.6 Å². The van der Waals surface area contributed by atoms with Gasteiger partial charge in [-0.25, -0.2) is 5.43 Å². The Balaban J connectivity index is 2.38. The third-order valence-electron chi connectivity index (χ3n) is 5.03. The summed E-state index contributed by atoms with van der Waals surface area (Å²) in [5.74, 6) is 6.74. The van der Waals surface area contributed by atoms with Crippen LogP contribution < -0.4 is 16.0 Å². The number of hydrogen-bond acceptors (Lipinski definition) is 5. The highest BCUT2D eigenvalue weighted by Crippen LogP contribution is 2.38. The largest absolute Gasteiger partial charge is 0.493 e. The van der Waals surface area contributed by atoms with Crippen molar-refractivity contribution in [1.29, 1.82) is 0 Å². The van der Waals surface area contributed by atoms with Gasteiger partial charge in [-0.05, 0) is 39.3 Å². The second-order valence-electron chi connectivity index (χ2n) is 6.08. The minimum absolute atomic E-state index is 0.0250. The summed E-state index contributed by atoms with van der Waals surface area (Å²) in [4.78, 5) is 2.56. The summed E-state index contributed by atoms with van der Waals surface area (Å²) in [6, 6.07) is -0.0250. The molecule has 2 atom stereocenters. The number of hydrogen-bond donors (Lipinski definition) is 2. The van der Waals surface area contributed by atoms with E-state index in [2.05, 4.69) is 29.3 Å². The molecule has 1 aliphatic heterocycles. The first-order valence-electron chi connectivity index (χ1n) is 7.85. The van der Waals surface area contributed by atoms with E-state index in [1.165, 1.54) is 19.3 Å². The van der Waals surface area contributed by atoms with Crippen LogP contribution in [0.3, 0.4) is 0 Å². The molecule has 6 heteroatoms. The van der Waals surface area contributed by atoms with E-state index in [0.717, 1.165) is 31.0 Å². The van der Waals surface area contributed by atoms with Gasteiger partial charge in [-0.1, -0.05) is 13.3 Å². The molecule has 0 saturated carbocycles. The number of methoxy groups -OCH3 is 1. The number of aromatic nitrogens is 2. The zero-order chi connectivity index (χ0) is 15.5. The van der Waals surface area contributed by atoms with Crippen LogP contribution in [0.15, 0.2) is 6.20 Å². The molecule has 1 fully saturated rings. The van der Waals surface area contributed by atoms with Crippen molar-refractivity contribution in [3.05, 3.63) is 11.9 Å². The number of rotatable bonds is 6. The number of nitrogens with zero attached hydrogens (tertiary/aromatic N) is 3. The summed E-state index contributed by atoms with van der Waals surface area (Å²) in [6.45, 7) is 6.77. The lowest BCUT2D eigenvalue weighted by Gasteiger charge is -2.47. The topological polar surface area (TPSA) is 68.3 Å². The van der Waals surface area contributed by atoms with E-state index in [1.54, 1.807) is 13.3 Å². The van der Waals surface area contributed by atoms with E-state index in [9.17, 15) is 0 Å². The molecule has 1 aromatic heterocycles. The molecule has 6 nitrogen and oxygen atoms in total. The second kappa shape index (κ2) is 6.77. The molecule has 0 radical (unpaired) electrons. The van der Waals surface area contributed by atoms with Gasteiger partial charge in [0.1, 0.15) is 5.69 Å². The van der Waals surface area contributed by atoms with Crippen molar-refractivity contribution in [1.82, 2.24) is 20.1 Å². The Morgan fingerprint density at radius 2 is 2.10 bits per heavy atom. The van der Waals surface area contributed by atoms with E-state index in [0.29, 0.717) is 0 Å². The molecule has 120 valence electrons. The number of likely N-dealkylation sites (tertiary alicyclic amines) is 1. The molecule has 21 heavy (non-hydrogen) atoms. The highest BCUT2D eigenvalue weighted by Gasteiger charge is 2.41. The zero-order valence-corrected chi connectivity index (χ0v) is 13.7. The zero-order valence-electron chi connectivity index (χ0n) is 13.7. The lowest BCUT2D eigenvalue weighted by atomic mass is 9.84. The number of nitrogens with one attached hydrogen (secondary N) is 1. The number of nitrogens with two attached hydrogens (primary N) is 1. The van der Waals surface area contributed by atoms with Crippen molar-refractivity contribution in [3.63, 3.8) is 0 Å². The molecule has 3 N–H and O–H groups in total. The van der Waals surface area contributed by atoms with Crippen LogP contribution in [-0.4, -0.2) is 40.4 Å². The van der Waals surface area contributed by atoms with Crippen molar-refractivity contribution in [2.75, 3.05) is 20.2 Å². The summed E-state index contributed by atoms with van der Waals surface area (Å²) < 4.78 is 7.34. The maximum atomic E-state index is 5.95. The highest BCUT2D eigenvalue weighted by molar-refractivity contribution is 5.31. The lowest BCUT2D eigenvalue weighted by Crippen LogP contribution is -2.57. The van der Waals surface area contributed by atoms with Gasteiger partial charge < -0.3 is 4.74 Å². The molecule has 1 saturated heterocycles. The molecule has 0 bridgehead atoms. The maximum Gasteiger partial charge on any atom is 0.161 e. The lowest BCUT2D eigenvalue weighted by molar-refractivity contribution is 0.0392. The Morgan fingerprint density at radius 3 is 2.62 bits per heavy atom. The van der Waals surface area contributed by atoms with Crippen LogP contribution in [0.5, 0.6) is 5.75 Å². The molecule has 1 aliphatic rings. The van der Waals surface area contributed by atoms with Gasteiger partial charge in [0.25, 0.3) is 0 Å². The van der Waals surface area contributed by atoms with Crippen molar-refractivity contribution in [2.45, 2.75) is 51.1 Å². The normalized spacial score (nSPS) is 21.0. The van der Waals surface area contributed by atoms with Crippen LogP contribution in [0.25, 0.3) is 0 Å². The summed E-state index contributed by atoms with van der Waals surface area (Å²) in [7, 11) is 3.62. The Labute approximate surface area is 127 Å². The van der Waals surface area contributed by atoms with Gasteiger partial charge in [0, 0.05) is 12.6 Å².